The van der Waals surface area contributed by atoms with Gasteiger partial charge in [0.2, 0.25) is 0 Å². The molecule has 88 valence electrons. The monoisotopic (exact) mass is 220 g/mol. The molecule has 0 aromatic heterocycles. The molecule has 2 rings (SSSR count). The minimum Gasteiger partial charge on any atom is -0.391 e. The number of ether oxygens (including phenoxy) is 1. The molecule has 1 N–H and O–H groups in total. The van der Waals surface area contributed by atoms with Crippen LogP contribution < -0.4 is 0 Å². The van der Waals surface area contributed by atoms with E-state index in [1.54, 1.807) is 0 Å². The topological polar surface area (TPSA) is 29.5 Å². The molecule has 2 unspecified atom stereocenters. The summed E-state index contributed by atoms with van der Waals surface area (Å²) in [7, 11) is 0. The quantitative estimate of drug-likeness (QED) is 0.845. The Morgan fingerprint density at radius 3 is 3.06 bits per heavy atom. The maximum Gasteiger partial charge on any atom is 0.0829 e. The predicted molar refractivity (Wildman–Crippen MR) is 64.4 cm³/mol. The largest absolute Gasteiger partial charge is 0.391 e. The third kappa shape index (κ3) is 2.63. The Balaban J connectivity index is 2.01. The highest BCUT2D eigenvalue weighted by molar-refractivity contribution is 5.31. The van der Waals surface area contributed by atoms with Crippen LogP contribution in [0.5, 0.6) is 0 Å². The fourth-order valence-electron chi connectivity index (χ4n) is 2.23. The molecular weight excluding hydrogens is 200 g/mol. The molecule has 0 heterocycles. The first kappa shape index (κ1) is 11.6. The average molecular weight is 220 g/mol. The van der Waals surface area contributed by atoms with E-state index in [0.717, 1.165) is 19.3 Å². The van der Waals surface area contributed by atoms with Gasteiger partial charge in [-0.25, -0.2) is 0 Å². The van der Waals surface area contributed by atoms with Crippen LogP contribution in [0.4, 0.5) is 0 Å². The Bertz CT molecular complexity index is 335. The van der Waals surface area contributed by atoms with Gasteiger partial charge in [0.25, 0.3) is 0 Å². The summed E-state index contributed by atoms with van der Waals surface area (Å²) in [6, 6.07) is 8.48. The van der Waals surface area contributed by atoms with Crippen molar-refractivity contribution in [3.8, 4) is 0 Å². The molecule has 0 bridgehead atoms. The number of aryl methyl sites for hydroxylation is 1. The van der Waals surface area contributed by atoms with Crippen molar-refractivity contribution in [3.05, 3.63) is 35.4 Å². The molecule has 0 saturated heterocycles. The molecule has 1 aromatic carbocycles. The van der Waals surface area contributed by atoms with Gasteiger partial charge in [-0.05, 0) is 36.8 Å². The van der Waals surface area contributed by atoms with E-state index in [9.17, 15) is 5.11 Å². The van der Waals surface area contributed by atoms with Crippen molar-refractivity contribution in [2.75, 3.05) is 6.61 Å². The van der Waals surface area contributed by atoms with Gasteiger partial charge in [-0.2, -0.15) is 0 Å². The maximum absolute atomic E-state index is 9.51. The van der Waals surface area contributed by atoms with Gasteiger partial charge in [-0.15, -0.1) is 0 Å². The summed E-state index contributed by atoms with van der Waals surface area (Å²) in [6.07, 6.45) is 4.04. The Morgan fingerprint density at radius 2 is 2.25 bits per heavy atom. The van der Waals surface area contributed by atoms with Gasteiger partial charge in [-0.1, -0.05) is 31.2 Å². The van der Waals surface area contributed by atoms with E-state index in [-0.39, 0.29) is 12.2 Å². The molecule has 1 aliphatic carbocycles. The van der Waals surface area contributed by atoms with Crippen LogP contribution in [-0.2, 0) is 11.2 Å². The number of fused-ring (bicyclic) bond motifs is 1. The van der Waals surface area contributed by atoms with Crippen LogP contribution in [0.1, 0.15) is 43.4 Å². The van der Waals surface area contributed by atoms with E-state index in [1.165, 1.54) is 17.5 Å². The fourth-order valence-corrected chi connectivity index (χ4v) is 2.23. The van der Waals surface area contributed by atoms with Gasteiger partial charge in [-0.3, -0.25) is 0 Å². The predicted octanol–water partition coefficient (Wildman–Crippen LogP) is 2.85. The third-order valence-corrected chi connectivity index (χ3v) is 3.28. The van der Waals surface area contributed by atoms with Crippen molar-refractivity contribution >= 4 is 0 Å². The lowest BCUT2D eigenvalue weighted by molar-refractivity contribution is -0.0182. The molecule has 0 spiro atoms. The summed E-state index contributed by atoms with van der Waals surface area (Å²) >= 11 is 0. The number of aliphatic hydroxyl groups excluding tert-OH is 1. The SMILES string of the molecule is CCC(O)COC1CCCc2ccccc21. The molecule has 1 aliphatic rings. The first-order chi connectivity index (χ1) is 7.81. The lowest BCUT2D eigenvalue weighted by Gasteiger charge is -2.26. The second-order valence-corrected chi connectivity index (χ2v) is 4.48. The molecule has 2 atom stereocenters. The van der Waals surface area contributed by atoms with E-state index in [4.69, 9.17) is 4.74 Å². The zero-order valence-electron chi connectivity index (χ0n) is 9.86. The number of aliphatic hydroxyl groups is 1. The first-order valence-corrected chi connectivity index (χ1v) is 6.18. The number of benzene rings is 1. The van der Waals surface area contributed by atoms with Crippen molar-refractivity contribution in [1.29, 1.82) is 0 Å². The zero-order valence-corrected chi connectivity index (χ0v) is 9.86. The third-order valence-electron chi connectivity index (χ3n) is 3.28. The maximum atomic E-state index is 9.51. The normalized spacial score (nSPS) is 21.5. The molecule has 0 aliphatic heterocycles. The minimum atomic E-state index is -0.325. The molecule has 2 heteroatoms. The van der Waals surface area contributed by atoms with Crippen molar-refractivity contribution in [2.24, 2.45) is 0 Å². The fraction of sp³-hybridized carbons (Fsp3) is 0.571. The van der Waals surface area contributed by atoms with Crippen molar-refractivity contribution < 1.29 is 9.84 Å². The van der Waals surface area contributed by atoms with Gasteiger partial charge in [0.15, 0.2) is 0 Å². The van der Waals surface area contributed by atoms with Crippen molar-refractivity contribution in [1.82, 2.24) is 0 Å². The van der Waals surface area contributed by atoms with E-state index in [0.29, 0.717) is 6.61 Å². The van der Waals surface area contributed by atoms with E-state index in [2.05, 4.69) is 24.3 Å². The first-order valence-electron chi connectivity index (χ1n) is 6.18. The Morgan fingerprint density at radius 1 is 1.44 bits per heavy atom. The molecule has 0 saturated carbocycles. The van der Waals surface area contributed by atoms with Crippen LogP contribution in [0.2, 0.25) is 0 Å². The van der Waals surface area contributed by atoms with Crippen LogP contribution in [0.3, 0.4) is 0 Å². The van der Waals surface area contributed by atoms with Gasteiger partial charge in [0.05, 0.1) is 18.8 Å². The van der Waals surface area contributed by atoms with Crippen molar-refractivity contribution in [3.63, 3.8) is 0 Å². The van der Waals surface area contributed by atoms with E-state index < -0.39 is 0 Å². The smallest absolute Gasteiger partial charge is 0.0829 e. The summed E-state index contributed by atoms with van der Waals surface area (Å²) in [4.78, 5) is 0. The van der Waals surface area contributed by atoms with Crippen LogP contribution >= 0.6 is 0 Å². The summed E-state index contributed by atoms with van der Waals surface area (Å²) in [5.74, 6) is 0. The molecule has 16 heavy (non-hydrogen) atoms. The van der Waals surface area contributed by atoms with Gasteiger partial charge in [0, 0.05) is 0 Å². The average Bonchev–Trinajstić information content (AvgIpc) is 2.35. The Labute approximate surface area is 97.3 Å². The highest BCUT2D eigenvalue weighted by Crippen LogP contribution is 2.32. The highest BCUT2D eigenvalue weighted by atomic mass is 16.5. The summed E-state index contributed by atoms with van der Waals surface area (Å²) < 4.78 is 5.81. The Hall–Kier alpha value is -0.860. The molecule has 1 aromatic rings. The van der Waals surface area contributed by atoms with Gasteiger partial charge < -0.3 is 9.84 Å². The van der Waals surface area contributed by atoms with E-state index >= 15 is 0 Å². The molecular formula is C14H20O2. The van der Waals surface area contributed by atoms with Crippen LogP contribution in [-0.4, -0.2) is 17.8 Å². The number of hydrogen-bond donors (Lipinski definition) is 1. The zero-order chi connectivity index (χ0) is 11.4. The molecule has 0 amide bonds. The molecule has 2 nitrogen and oxygen atoms in total. The number of hydrogen-bond acceptors (Lipinski definition) is 2. The molecule has 0 fully saturated rings. The molecule has 0 radical (unpaired) electrons. The van der Waals surface area contributed by atoms with Crippen LogP contribution in [0, 0.1) is 0 Å². The summed E-state index contributed by atoms with van der Waals surface area (Å²) in [5.41, 5.74) is 2.72. The standard InChI is InChI=1S/C14H20O2/c1-2-12(15)10-16-14-9-5-7-11-6-3-4-8-13(11)14/h3-4,6,8,12,14-15H,2,5,7,9-10H2,1H3. The van der Waals surface area contributed by atoms with Gasteiger partial charge >= 0.3 is 0 Å². The summed E-state index contributed by atoms with van der Waals surface area (Å²) in [6.45, 7) is 2.43. The van der Waals surface area contributed by atoms with Crippen LogP contribution in [0.15, 0.2) is 24.3 Å². The highest BCUT2D eigenvalue weighted by Gasteiger charge is 2.20. The second-order valence-electron chi connectivity index (χ2n) is 4.48. The second kappa shape index (κ2) is 5.46. The van der Waals surface area contributed by atoms with Crippen molar-refractivity contribution in [2.45, 2.75) is 44.8 Å². The Kier molecular flexibility index (Phi) is 3.97. The summed E-state index contributed by atoms with van der Waals surface area (Å²) in [5, 5.41) is 9.51. The lowest BCUT2D eigenvalue weighted by atomic mass is 9.89. The van der Waals surface area contributed by atoms with Crippen LogP contribution in [0.25, 0.3) is 0 Å². The number of rotatable bonds is 4. The minimum absolute atomic E-state index is 0.186. The lowest BCUT2D eigenvalue weighted by Crippen LogP contribution is -2.19. The van der Waals surface area contributed by atoms with Gasteiger partial charge in [0.1, 0.15) is 0 Å². The van der Waals surface area contributed by atoms with E-state index in [1.807, 2.05) is 6.92 Å².